The van der Waals surface area contributed by atoms with Crippen LogP contribution in [-0.4, -0.2) is 31.8 Å². The third-order valence-electron chi connectivity index (χ3n) is 3.23. The summed E-state index contributed by atoms with van der Waals surface area (Å²) in [5.41, 5.74) is 1.36. The molecule has 1 N–H and O–H groups in total. The number of thiazole rings is 1. The second-order valence-electron chi connectivity index (χ2n) is 4.51. The topological polar surface area (TPSA) is 34.1 Å². The smallest absolute Gasteiger partial charge is 0.0954 e. The van der Waals surface area contributed by atoms with Crippen LogP contribution in [0, 0.1) is 0 Å². The van der Waals surface area contributed by atoms with Crippen LogP contribution in [0.4, 0.5) is 0 Å². The summed E-state index contributed by atoms with van der Waals surface area (Å²) < 4.78 is 5.40. The minimum Gasteiger partial charge on any atom is -0.381 e. The van der Waals surface area contributed by atoms with Gasteiger partial charge in [-0.1, -0.05) is 0 Å². The highest BCUT2D eigenvalue weighted by molar-refractivity contribution is 7.11. The van der Waals surface area contributed by atoms with E-state index in [4.69, 9.17) is 9.72 Å². The van der Waals surface area contributed by atoms with Gasteiger partial charge in [-0.2, -0.15) is 0 Å². The zero-order valence-corrected chi connectivity index (χ0v) is 11.6. The molecule has 1 unspecified atom stereocenters. The van der Waals surface area contributed by atoms with Crippen molar-refractivity contribution in [1.29, 1.82) is 0 Å². The molecule has 4 heteroatoms. The van der Waals surface area contributed by atoms with Crippen molar-refractivity contribution in [1.82, 2.24) is 10.3 Å². The van der Waals surface area contributed by atoms with Gasteiger partial charge >= 0.3 is 0 Å². The predicted molar refractivity (Wildman–Crippen MR) is 71.9 cm³/mol. The van der Waals surface area contributed by atoms with E-state index in [0.717, 1.165) is 26.2 Å². The maximum absolute atomic E-state index is 5.40. The van der Waals surface area contributed by atoms with E-state index < -0.39 is 0 Å². The van der Waals surface area contributed by atoms with Crippen LogP contribution >= 0.6 is 11.3 Å². The van der Waals surface area contributed by atoms with E-state index >= 15 is 0 Å². The first-order valence-corrected chi connectivity index (χ1v) is 7.37. The molecule has 1 aromatic heterocycles. The minimum atomic E-state index is 0.626. The number of hydrogen-bond donors (Lipinski definition) is 1. The monoisotopic (exact) mass is 254 g/mol. The van der Waals surface area contributed by atoms with E-state index in [1.165, 1.54) is 34.8 Å². The van der Waals surface area contributed by atoms with Gasteiger partial charge in [-0.15, -0.1) is 11.3 Å². The molecule has 0 aromatic carbocycles. The molecule has 1 atom stereocenters. The van der Waals surface area contributed by atoms with Crippen molar-refractivity contribution < 1.29 is 4.74 Å². The van der Waals surface area contributed by atoms with Crippen LogP contribution in [0.2, 0.25) is 0 Å². The standard InChI is InChI=1S/C13H22N2OS/c1-3-16-8-7-12-15-13-10(9-14-2)5-4-6-11(13)17-12/h10,14H,3-9H2,1-2H3. The van der Waals surface area contributed by atoms with Gasteiger partial charge < -0.3 is 10.1 Å². The largest absolute Gasteiger partial charge is 0.381 e. The van der Waals surface area contributed by atoms with Crippen molar-refractivity contribution in [3.63, 3.8) is 0 Å². The molecule has 1 aromatic rings. The van der Waals surface area contributed by atoms with Crippen molar-refractivity contribution in [2.45, 2.75) is 38.5 Å². The van der Waals surface area contributed by atoms with Crippen molar-refractivity contribution in [3.8, 4) is 0 Å². The first kappa shape index (κ1) is 13.0. The van der Waals surface area contributed by atoms with Gasteiger partial charge in [0, 0.05) is 30.4 Å². The molecule has 2 rings (SSSR count). The van der Waals surface area contributed by atoms with Gasteiger partial charge in [0.25, 0.3) is 0 Å². The van der Waals surface area contributed by atoms with Crippen LogP contribution in [0.5, 0.6) is 0 Å². The highest BCUT2D eigenvalue weighted by Gasteiger charge is 2.23. The summed E-state index contributed by atoms with van der Waals surface area (Å²) in [6, 6.07) is 0. The zero-order valence-electron chi connectivity index (χ0n) is 10.8. The minimum absolute atomic E-state index is 0.626. The Kier molecular flexibility index (Phi) is 4.95. The van der Waals surface area contributed by atoms with Gasteiger partial charge in [0.05, 0.1) is 17.3 Å². The Morgan fingerprint density at radius 2 is 2.41 bits per heavy atom. The molecule has 0 amide bonds. The van der Waals surface area contributed by atoms with E-state index in [9.17, 15) is 0 Å². The molecule has 1 aliphatic carbocycles. The number of ether oxygens (including phenoxy) is 1. The highest BCUT2D eigenvalue weighted by Crippen LogP contribution is 2.34. The molecule has 0 radical (unpaired) electrons. The molecule has 0 saturated carbocycles. The van der Waals surface area contributed by atoms with Crippen LogP contribution in [0.25, 0.3) is 0 Å². The predicted octanol–water partition coefficient (Wildman–Crippen LogP) is 2.36. The van der Waals surface area contributed by atoms with Crippen LogP contribution in [0.3, 0.4) is 0 Å². The number of likely N-dealkylation sites (N-methyl/N-ethyl adjacent to an activating group) is 1. The summed E-state index contributed by atoms with van der Waals surface area (Å²) in [4.78, 5) is 6.34. The third kappa shape index (κ3) is 3.27. The van der Waals surface area contributed by atoms with Crippen molar-refractivity contribution in [2.24, 2.45) is 0 Å². The van der Waals surface area contributed by atoms with Crippen LogP contribution in [0.1, 0.15) is 41.3 Å². The fraction of sp³-hybridized carbons (Fsp3) is 0.769. The molecular formula is C13H22N2OS. The Morgan fingerprint density at radius 1 is 1.53 bits per heavy atom. The fourth-order valence-corrected chi connectivity index (χ4v) is 3.59. The van der Waals surface area contributed by atoms with Gasteiger partial charge in [0.1, 0.15) is 0 Å². The summed E-state index contributed by atoms with van der Waals surface area (Å²) in [6.45, 7) is 4.70. The molecule has 1 heterocycles. The second kappa shape index (κ2) is 6.47. The summed E-state index contributed by atoms with van der Waals surface area (Å²) in [5, 5.41) is 4.54. The number of fused-ring (bicyclic) bond motifs is 1. The fourth-order valence-electron chi connectivity index (χ4n) is 2.41. The van der Waals surface area contributed by atoms with Crippen LogP contribution in [0.15, 0.2) is 0 Å². The molecule has 0 saturated heterocycles. The Bertz CT molecular complexity index is 351. The lowest BCUT2D eigenvalue weighted by Gasteiger charge is -2.20. The number of nitrogens with zero attached hydrogens (tertiary/aromatic N) is 1. The number of aryl methyl sites for hydroxylation is 1. The molecule has 17 heavy (non-hydrogen) atoms. The maximum atomic E-state index is 5.40. The number of rotatable bonds is 6. The first-order valence-electron chi connectivity index (χ1n) is 6.56. The Morgan fingerprint density at radius 3 is 3.18 bits per heavy atom. The summed E-state index contributed by atoms with van der Waals surface area (Å²) >= 11 is 1.90. The molecule has 0 bridgehead atoms. The van der Waals surface area contributed by atoms with E-state index in [0.29, 0.717) is 5.92 Å². The van der Waals surface area contributed by atoms with Crippen molar-refractivity contribution in [3.05, 3.63) is 15.6 Å². The average Bonchev–Trinajstić information content (AvgIpc) is 2.74. The summed E-state index contributed by atoms with van der Waals surface area (Å²) in [6.07, 6.45) is 4.79. The second-order valence-corrected chi connectivity index (χ2v) is 5.68. The lowest BCUT2D eigenvalue weighted by Crippen LogP contribution is -2.21. The average molecular weight is 254 g/mol. The Balaban J connectivity index is 2.02. The first-order chi connectivity index (χ1) is 8.35. The Labute approximate surface area is 108 Å². The van der Waals surface area contributed by atoms with Crippen molar-refractivity contribution in [2.75, 3.05) is 26.8 Å². The van der Waals surface area contributed by atoms with E-state index in [1.807, 2.05) is 25.3 Å². The summed E-state index contributed by atoms with van der Waals surface area (Å²) in [7, 11) is 2.02. The van der Waals surface area contributed by atoms with Gasteiger partial charge in [0.15, 0.2) is 0 Å². The van der Waals surface area contributed by atoms with Gasteiger partial charge in [0.2, 0.25) is 0 Å². The van der Waals surface area contributed by atoms with Crippen LogP contribution < -0.4 is 5.32 Å². The quantitative estimate of drug-likeness (QED) is 0.791. The normalized spacial score (nSPS) is 19.3. The molecule has 1 aliphatic rings. The summed E-state index contributed by atoms with van der Waals surface area (Å²) in [5.74, 6) is 0.626. The highest BCUT2D eigenvalue weighted by atomic mass is 32.1. The number of nitrogens with one attached hydrogen (secondary N) is 1. The van der Waals surface area contributed by atoms with E-state index in [-0.39, 0.29) is 0 Å². The maximum Gasteiger partial charge on any atom is 0.0954 e. The molecule has 96 valence electrons. The van der Waals surface area contributed by atoms with Crippen molar-refractivity contribution >= 4 is 11.3 Å². The van der Waals surface area contributed by atoms with E-state index in [1.54, 1.807) is 0 Å². The molecule has 0 fully saturated rings. The molecule has 3 nitrogen and oxygen atoms in total. The van der Waals surface area contributed by atoms with Gasteiger partial charge in [-0.25, -0.2) is 4.98 Å². The van der Waals surface area contributed by atoms with Crippen LogP contribution in [-0.2, 0) is 17.6 Å². The lowest BCUT2D eigenvalue weighted by molar-refractivity contribution is 0.151. The number of aromatic nitrogens is 1. The van der Waals surface area contributed by atoms with Gasteiger partial charge in [-0.05, 0) is 33.2 Å². The van der Waals surface area contributed by atoms with E-state index in [2.05, 4.69) is 5.32 Å². The third-order valence-corrected chi connectivity index (χ3v) is 4.42. The number of hydrogen-bond acceptors (Lipinski definition) is 4. The molecule has 0 spiro atoms. The Hall–Kier alpha value is -0.450. The molecular weight excluding hydrogens is 232 g/mol. The SMILES string of the molecule is CCOCCc1nc2c(s1)CCCC2CNC. The van der Waals surface area contributed by atoms with Gasteiger partial charge in [-0.3, -0.25) is 0 Å². The lowest BCUT2D eigenvalue weighted by atomic mass is 9.91. The molecule has 0 aliphatic heterocycles. The zero-order chi connectivity index (χ0) is 12.1.